The van der Waals surface area contributed by atoms with Gasteiger partial charge in [-0.05, 0) is 63.4 Å². The zero-order chi connectivity index (χ0) is 19.9. The smallest absolute Gasteiger partial charge is 0.135 e. The summed E-state index contributed by atoms with van der Waals surface area (Å²) in [5.74, 6) is 1.68. The summed E-state index contributed by atoms with van der Waals surface area (Å²) in [5, 5.41) is 6.82. The van der Waals surface area contributed by atoms with E-state index < -0.39 is 0 Å². The number of likely N-dealkylation sites (N-methyl/N-ethyl adjacent to an activating group) is 1. The molecule has 1 aromatic heterocycles. The molecule has 0 unspecified atom stereocenters. The highest BCUT2D eigenvalue weighted by Gasteiger charge is 2.14. The Bertz CT molecular complexity index is 808. The summed E-state index contributed by atoms with van der Waals surface area (Å²) in [5.41, 5.74) is 3.90. The Morgan fingerprint density at radius 3 is 2.52 bits per heavy atom. The van der Waals surface area contributed by atoms with Crippen molar-refractivity contribution >= 4 is 23.0 Å². The molecule has 0 saturated carbocycles. The van der Waals surface area contributed by atoms with Gasteiger partial charge in [-0.3, -0.25) is 0 Å². The molecular weight excluding hydrogens is 360 g/mol. The molecule has 1 fully saturated rings. The third-order valence-corrected chi connectivity index (χ3v) is 5.81. The lowest BCUT2D eigenvalue weighted by Crippen LogP contribution is -2.44. The Hall–Kier alpha value is -2.60. The van der Waals surface area contributed by atoms with Crippen LogP contribution in [0, 0.1) is 0 Å². The molecule has 2 aliphatic rings. The van der Waals surface area contributed by atoms with E-state index in [0.717, 1.165) is 56.5 Å². The zero-order valence-corrected chi connectivity index (χ0v) is 17.4. The van der Waals surface area contributed by atoms with Crippen LogP contribution in [-0.4, -0.2) is 54.6 Å². The first-order valence-corrected chi connectivity index (χ1v) is 10.8. The standard InChI is InChI=1S/C23H32N6/c1-28-13-15-29(16-14-28)21-9-7-20(8-10-21)27-23-17-22(25-18-26-23)24-12-11-19-5-3-2-4-6-19/h5,7-10,17-18H,2-4,6,11-16H2,1H3,(H2,24,25,26,27). The molecule has 29 heavy (non-hydrogen) atoms. The zero-order valence-electron chi connectivity index (χ0n) is 17.4. The first-order chi connectivity index (χ1) is 14.3. The average molecular weight is 393 g/mol. The van der Waals surface area contributed by atoms with Crippen molar-refractivity contribution in [3.8, 4) is 0 Å². The van der Waals surface area contributed by atoms with E-state index in [0.29, 0.717) is 0 Å². The number of hydrogen-bond acceptors (Lipinski definition) is 6. The molecule has 1 saturated heterocycles. The molecule has 1 aromatic carbocycles. The molecule has 6 nitrogen and oxygen atoms in total. The Morgan fingerprint density at radius 2 is 1.76 bits per heavy atom. The van der Waals surface area contributed by atoms with Crippen LogP contribution in [0.3, 0.4) is 0 Å². The quantitative estimate of drug-likeness (QED) is 0.686. The topological polar surface area (TPSA) is 56.3 Å². The van der Waals surface area contributed by atoms with Crippen molar-refractivity contribution < 1.29 is 0 Å². The van der Waals surface area contributed by atoms with Crippen LogP contribution >= 0.6 is 0 Å². The maximum absolute atomic E-state index is 4.36. The number of hydrogen-bond donors (Lipinski definition) is 2. The van der Waals surface area contributed by atoms with Crippen LogP contribution in [0.25, 0.3) is 0 Å². The second-order valence-electron chi connectivity index (χ2n) is 8.04. The van der Waals surface area contributed by atoms with Gasteiger partial charge < -0.3 is 20.4 Å². The third-order valence-electron chi connectivity index (χ3n) is 5.81. The molecule has 2 heterocycles. The third kappa shape index (κ3) is 5.70. The summed E-state index contributed by atoms with van der Waals surface area (Å²) in [6.07, 6.45) is 10.3. The number of nitrogens with zero attached hydrogens (tertiary/aromatic N) is 4. The summed E-state index contributed by atoms with van der Waals surface area (Å²) in [7, 11) is 2.18. The van der Waals surface area contributed by atoms with E-state index in [2.05, 4.69) is 67.8 Å². The van der Waals surface area contributed by atoms with Crippen molar-refractivity contribution in [2.75, 3.05) is 55.3 Å². The summed E-state index contributed by atoms with van der Waals surface area (Å²) < 4.78 is 0. The van der Waals surface area contributed by atoms with Crippen molar-refractivity contribution in [1.29, 1.82) is 0 Å². The first kappa shape index (κ1) is 19.7. The molecule has 4 rings (SSSR count). The molecule has 154 valence electrons. The van der Waals surface area contributed by atoms with E-state index in [1.165, 1.54) is 31.4 Å². The Balaban J connectivity index is 1.30. The van der Waals surface area contributed by atoms with Crippen LogP contribution in [0.2, 0.25) is 0 Å². The van der Waals surface area contributed by atoms with Crippen molar-refractivity contribution in [2.24, 2.45) is 0 Å². The molecule has 6 heteroatoms. The molecule has 0 atom stereocenters. The normalized spacial score (nSPS) is 17.7. The Kier molecular flexibility index (Phi) is 6.62. The highest BCUT2D eigenvalue weighted by Crippen LogP contribution is 2.23. The molecule has 0 bridgehead atoms. The van der Waals surface area contributed by atoms with Crippen LogP contribution in [0.1, 0.15) is 32.1 Å². The number of benzene rings is 1. The minimum atomic E-state index is 0.812. The van der Waals surface area contributed by atoms with E-state index in [1.807, 2.05) is 6.07 Å². The van der Waals surface area contributed by atoms with Gasteiger partial charge in [0.1, 0.15) is 18.0 Å². The van der Waals surface area contributed by atoms with Crippen LogP contribution < -0.4 is 15.5 Å². The first-order valence-electron chi connectivity index (χ1n) is 10.8. The number of aromatic nitrogens is 2. The van der Waals surface area contributed by atoms with E-state index >= 15 is 0 Å². The second kappa shape index (κ2) is 9.74. The Labute approximate surface area is 174 Å². The van der Waals surface area contributed by atoms with Crippen LogP contribution in [0.15, 0.2) is 48.3 Å². The monoisotopic (exact) mass is 392 g/mol. The van der Waals surface area contributed by atoms with E-state index in [1.54, 1.807) is 11.9 Å². The van der Waals surface area contributed by atoms with Crippen molar-refractivity contribution in [3.63, 3.8) is 0 Å². The molecular formula is C23H32N6. The van der Waals surface area contributed by atoms with Gasteiger partial charge >= 0.3 is 0 Å². The lowest BCUT2D eigenvalue weighted by atomic mass is 9.97. The van der Waals surface area contributed by atoms with Gasteiger partial charge in [0.2, 0.25) is 0 Å². The molecule has 2 N–H and O–H groups in total. The predicted octanol–water partition coefficient (Wildman–Crippen LogP) is 4.27. The SMILES string of the molecule is CN1CCN(c2ccc(Nc3cc(NCCC4=CCCCC4)ncn3)cc2)CC1. The summed E-state index contributed by atoms with van der Waals surface area (Å²) in [6, 6.07) is 10.6. The van der Waals surface area contributed by atoms with Gasteiger partial charge in [-0.15, -0.1) is 0 Å². The Morgan fingerprint density at radius 1 is 0.966 bits per heavy atom. The van der Waals surface area contributed by atoms with Gasteiger partial charge in [-0.1, -0.05) is 11.6 Å². The molecule has 0 spiro atoms. The molecule has 1 aliphatic carbocycles. The minimum Gasteiger partial charge on any atom is -0.370 e. The van der Waals surface area contributed by atoms with E-state index in [-0.39, 0.29) is 0 Å². The molecule has 2 aromatic rings. The summed E-state index contributed by atoms with van der Waals surface area (Å²) >= 11 is 0. The molecule has 1 aliphatic heterocycles. The molecule has 0 amide bonds. The van der Waals surface area contributed by atoms with E-state index in [9.17, 15) is 0 Å². The van der Waals surface area contributed by atoms with Crippen LogP contribution in [0.5, 0.6) is 0 Å². The fraction of sp³-hybridized carbons (Fsp3) is 0.478. The number of allylic oxidation sites excluding steroid dienone is 1. The van der Waals surface area contributed by atoms with Gasteiger partial charge in [0, 0.05) is 50.2 Å². The second-order valence-corrected chi connectivity index (χ2v) is 8.04. The maximum Gasteiger partial charge on any atom is 0.135 e. The summed E-state index contributed by atoms with van der Waals surface area (Å²) in [6.45, 7) is 5.33. The minimum absolute atomic E-state index is 0.812. The van der Waals surface area contributed by atoms with Crippen molar-refractivity contribution in [1.82, 2.24) is 14.9 Å². The number of piperazine rings is 1. The lowest BCUT2D eigenvalue weighted by Gasteiger charge is -2.34. The van der Waals surface area contributed by atoms with Crippen LogP contribution in [0.4, 0.5) is 23.0 Å². The molecule has 0 radical (unpaired) electrons. The van der Waals surface area contributed by atoms with Crippen LogP contribution in [-0.2, 0) is 0 Å². The average Bonchev–Trinajstić information content (AvgIpc) is 2.76. The van der Waals surface area contributed by atoms with Crippen molar-refractivity contribution in [3.05, 3.63) is 48.3 Å². The van der Waals surface area contributed by atoms with Crippen molar-refractivity contribution in [2.45, 2.75) is 32.1 Å². The van der Waals surface area contributed by atoms with Gasteiger partial charge in [-0.2, -0.15) is 0 Å². The fourth-order valence-corrected chi connectivity index (χ4v) is 3.97. The lowest BCUT2D eigenvalue weighted by molar-refractivity contribution is 0.313. The maximum atomic E-state index is 4.36. The highest BCUT2D eigenvalue weighted by molar-refractivity contribution is 5.62. The van der Waals surface area contributed by atoms with Gasteiger partial charge in [0.15, 0.2) is 0 Å². The predicted molar refractivity (Wildman–Crippen MR) is 121 cm³/mol. The largest absolute Gasteiger partial charge is 0.370 e. The van der Waals surface area contributed by atoms with Gasteiger partial charge in [0.05, 0.1) is 0 Å². The number of anilines is 4. The fourth-order valence-electron chi connectivity index (χ4n) is 3.97. The number of nitrogens with one attached hydrogen (secondary N) is 2. The summed E-state index contributed by atoms with van der Waals surface area (Å²) in [4.78, 5) is 13.5. The van der Waals surface area contributed by atoms with Gasteiger partial charge in [0.25, 0.3) is 0 Å². The highest BCUT2D eigenvalue weighted by atomic mass is 15.2. The van der Waals surface area contributed by atoms with E-state index in [4.69, 9.17) is 0 Å². The van der Waals surface area contributed by atoms with Gasteiger partial charge in [-0.25, -0.2) is 9.97 Å². The number of rotatable bonds is 7.